The Morgan fingerprint density at radius 2 is 1.74 bits per heavy atom. The highest BCUT2D eigenvalue weighted by Gasteiger charge is 2.51. The second-order valence-corrected chi connectivity index (χ2v) is 12.0. The summed E-state index contributed by atoms with van der Waals surface area (Å²) in [4.78, 5) is 44.9. The second kappa shape index (κ2) is 9.13. The fourth-order valence-electron chi connectivity index (χ4n) is 6.58. The number of aromatic nitrogens is 2. The lowest BCUT2D eigenvalue weighted by Crippen LogP contribution is -2.50. The highest BCUT2D eigenvalue weighted by atomic mass is 16.2. The van der Waals surface area contributed by atoms with E-state index < -0.39 is 5.41 Å². The lowest BCUT2D eigenvalue weighted by molar-refractivity contribution is -0.132. The number of likely N-dealkylation sites (tertiary alicyclic amines) is 1. The summed E-state index contributed by atoms with van der Waals surface area (Å²) in [6.45, 7) is 10.3. The van der Waals surface area contributed by atoms with Crippen LogP contribution in [0.15, 0.2) is 18.2 Å². The van der Waals surface area contributed by atoms with Gasteiger partial charge in [0.2, 0.25) is 11.8 Å². The molecular weight excluding hydrogens is 480 g/mol. The van der Waals surface area contributed by atoms with Crippen LogP contribution in [0.5, 0.6) is 0 Å². The molecule has 3 heterocycles. The molecule has 9 nitrogen and oxygen atoms in total. The lowest BCUT2D eigenvalue weighted by atomic mass is 9.79. The van der Waals surface area contributed by atoms with Gasteiger partial charge >= 0.3 is 0 Å². The number of piperazine rings is 1. The highest BCUT2D eigenvalue weighted by molar-refractivity contribution is 5.95. The number of carbonyl (C=O) groups excluding carboxylic acids is 3. The Morgan fingerprint density at radius 1 is 1.03 bits per heavy atom. The Bertz CT molecular complexity index is 1300. The highest BCUT2D eigenvalue weighted by Crippen LogP contribution is 2.57. The standard InChI is InChI=1S/C29H38N6O3/c1-18-5-4-6-22(19(18)2)32-11-13-33(14-12-32)24(36)17-35-23-16-20-15-21(20)25(23)26(31-35)27(37)34-9-7-29(3,8-10-34)28(30)38/h4-6,20-21H,7-17H2,1-3H3,(H2,30,38)/t20-,21-/m1/s1. The Kier molecular flexibility index (Phi) is 6.00. The predicted molar refractivity (Wildman–Crippen MR) is 144 cm³/mol. The molecule has 2 atom stereocenters. The SMILES string of the molecule is Cc1cccc(N2CCN(C(=O)Cn3nc(C(=O)N4CCC(C)(C(N)=O)CC4)c4c3C[C@H]3C[C@@H]43)CC2)c1C. The first-order valence-corrected chi connectivity index (χ1v) is 13.9. The molecule has 2 aliphatic heterocycles. The van der Waals surface area contributed by atoms with Gasteiger partial charge in [0.1, 0.15) is 6.54 Å². The van der Waals surface area contributed by atoms with E-state index in [1.807, 2.05) is 21.4 Å². The molecule has 1 aromatic heterocycles. The van der Waals surface area contributed by atoms with Crippen molar-refractivity contribution in [3.63, 3.8) is 0 Å². The number of fused-ring (bicyclic) bond motifs is 3. The smallest absolute Gasteiger partial charge is 0.274 e. The largest absolute Gasteiger partial charge is 0.369 e. The van der Waals surface area contributed by atoms with Crippen molar-refractivity contribution >= 4 is 23.4 Å². The van der Waals surface area contributed by atoms with E-state index in [1.54, 1.807) is 0 Å². The molecule has 3 amide bonds. The number of rotatable bonds is 5. The quantitative estimate of drug-likeness (QED) is 0.654. The van der Waals surface area contributed by atoms with Crippen LogP contribution in [0.3, 0.4) is 0 Å². The van der Waals surface area contributed by atoms with E-state index in [4.69, 9.17) is 10.8 Å². The molecule has 0 bridgehead atoms. The molecule has 0 spiro atoms. The first-order chi connectivity index (χ1) is 18.2. The number of primary amides is 1. The molecule has 2 aliphatic carbocycles. The molecule has 0 unspecified atom stereocenters. The average Bonchev–Trinajstić information content (AvgIpc) is 3.44. The van der Waals surface area contributed by atoms with Crippen LogP contribution in [0.4, 0.5) is 5.69 Å². The summed E-state index contributed by atoms with van der Waals surface area (Å²) in [6, 6.07) is 6.39. The first-order valence-electron chi connectivity index (χ1n) is 13.9. The number of benzene rings is 1. The van der Waals surface area contributed by atoms with Crippen LogP contribution in [0.25, 0.3) is 0 Å². The predicted octanol–water partition coefficient (Wildman–Crippen LogP) is 2.24. The first kappa shape index (κ1) is 24.9. The Balaban J connectivity index is 1.13. The maximum atomic E-state index is 13.6. The lowest BCUT2D eigenvalue weighted by Gasteiger charge is -2.37. The van der Waals surface area contributed by atoms with Crippen molar-refractivity contribution in [3.05, 3.63) is 46.3 Å². The molecule has 202 valence electrons. The Morgan fingerprint density at radius 3 is 2.42 bits per heavy atom. The number of amides is 3. The molecule has 2 N–H and O–H groups in total. The third-order valence-electron chi connectivity index (χ3n) is 9.63. The van der Waals surface area contributed by atoms with Gasteiger partial charge in [0.15, 0.2) is 5.69 Å². The third kappa shape index (κ3) is 4.16. The van der Waals surface area contributed by atoms with Gasteiger partial charge in [0, 0.05) is 61.6 Å². The minimum atomic E-state index is -0.561. The summed E-state index contributed by atoms with van der Waals surface area (Å²) in [5.74, 6) is 0.661. The van der Waals surface area contributed by atoms with Crippen LogP contribution in [0, 0.1) is 25.2 Å². The monoisotopic (exact) mass is 518 g/mol. The summed E-state index contributed by atoms with van der Waals surface area (Å²) in [7, 11) is 0. The zero-order chi connectivity index (χ0) is 26.8. The maximum Gasteiger partial charge on any atom is 0.274 e. The van der Waals surface area contributed by atoms with E-state index in [1.165, 1.54) is 16.8 Å². The zero-order valence-electron chi connectivity index (χ0n) is 22.7. The zero-order valence-corrected chi connectivity index (χ0v) is 22.7. The fourth-order valence-corrected chi connectivity index (χ4v) is 6.58. The number of piperidine rings is 1. The van der Waals surface area contributed by atoms with Gasteiger partial charge in [0.25, 0.3) is 5.91 Å². The third-order valence-corrected chi connectivity index (χ3v) is 9.63. The molecule has 9 heteroatoms. The van der Waals surface area contributed by atoms with Gasteiger partial charge < -0.3 is 20.4 Å². The summed E-state index contributed by atoms with van der Waals surface area (Å²) in [6.07, 6.45) is 3.13. The van der Waals surface area contributed by atoms with Gasteiger partial charge in [-0.3, -0.25) is 19.1 Å². The van der Waals surface area contributed by atoms with Crippen molar-refractivity contribution in [2.75, 3.05) is 44.2 Å². The van der Waals surface area contributed by atoms with E-state index in [9.17, 15) is 14.4 Å². The minimum Gasteiger partial charge on any atom is -0.369 e. The molecule has 38 heavy (non-hydrogen) atoms. The molecule has 0 radical (unpaired) electrons. The Labute approximate surface area is 223 Å². The van der Waals surface area contributed by atoms with Gasteiger partial charge in [-0.2, -0.15) is 5.10 Å². The number of nitrogens with zero attached hydrogens (tertiary/aromatic N) is 5. The molecule has 4 aliphatic rings. The van der Waals surface area contributed by atoms with Crippen molar-refractivity contribution in [2.45, 2.75) is 58.9 Å². The number of anilines is 1. The summed E-state index contributed by atoms with van der Waals surface area (Å²) in [5, 5.41) is 4.75. The van der Waals surface area contributed by atoms with Crippen molar-refractivity contribution in [3.8, 4) is 0 Å². The molecule has 1 aromatic carbocycles. The van der Waals surface area contributed by atoms with E-state index >= 15 is 0 Å². The normalized spacial score (nSPS) is 23.7. The fraction of sp³-hybridized carbons (Fsp3) is 0.586. The van der Waals surface area contributed by atoms with Crippen LogP contribution in [0.1, 0.15) is 65.0 Å². The van der Waals surface area contributed by atoms with E-state index in [-0.39, 0.29) is 24.3 Å². The van der Waals surface area contributed by atoms with E-state index in [2.05, 4.69) is 36.9 Å². The number of carbonyl (C=O) groups is 3. The van der Waals surface area contributed by atoms with Crippen molar-refractivity contribution in [1.29, 1.82) is 0 Å². The van der Waals surface area contributed by atoms with Crippen LogP contribution >= 0.6 is 0 Å². The van der Waals surface area contributed by atoms with Crippen molar-refractivity contribution in [1.82, 2.24) is 19.6 Å². The van der Waals surface area contributed by atoms with Crippen molar-refractivity contribution in [2.24, 2.45) is 17.1 Å². The van der Waals surface area contributed by atoms with Gasteiger partial charge in [-0.05, 0) is 68.6 Å². The van der Waals surface area contributed by atoms with Gasteiger partial charge in [0.05, 0.1) is 0 Å². The topological polar surface area (TPSA) is 105 Å². The number of nitrogens with two attached hydrogens (primary N) is 1. The summed E-state index contributed by atoms with van der Waals surface area (Å²) in [5.41, 5.74) is 11.5. The van der Waals surface area contributed by atoms with Gasteiger partial charge in [-0.25, -0.2) is 0 Å². The maximum absolute atomic E-state index is 13.6. The van der Waals surface area contributed by atoms with E-state index in [0.717, 1.165) is 37.2 Å². The number of hydrogen-bond donors (Lipinski definition) is 1. The number of aryl methyl sites for hydroxylation is 1. The van der Waals surface area contributed by atoms with Crippen LogP contribution in [0.2, 0.25) is 0 Å². The minimum absolute atomic E-state index is 0.0608. The van der Waals surface area contributed by atoms with Crippen LogP contribution < -0.4 is 10.6 Å². The Hall–Kier alpha value is -3.36. The van der Waals surface area contributed by atoms with Crippen LogP contribution in [-0.2, 0) is 22.6 Å². The van der Waals surface area contributed by atoms with E-state index in [0.29, 0.717) is 56.6 Å². The summed E-state index contributed by atoms with van der Waals surface area (Å²) >= 11 is 0. The molecule has 2 saturated heterocycles. The van der Waals surface area contributed by atoms with Crippen LogP contribution in [-0.4, -0.2) is 76.6 Å². The van der Waals surface area contributed by atoms with Gasteiger partial charge in [-0.1, -0.05) is 19.1 Å². The molecule has 6 rings (SSSR count). The molecule has 1 saturated carbocycles. The molecule has 2 aromatic rings. The molecule has 3 fully saturated rings. The van der Waals surface area contributed by atoms with Crippen molar-refractivity contribution < 1.29 is 14.4 Å². The van der Waals surface area contributed by atoms with Gasteiger partial charge in [-0.15, -0.1) is 0 Å². The number of hydrogen-bond acceptors (Lipinski definition) is 5. The average molecular weight is 519 g/mol. The second-order valence-electron chi connectivity index (χ2n) is 12.0. The summed E-state index contributed by atoms with van der Waals surface area (Å²) < 4.78 is 1.81. The molecular formula is C29H38N6O3.